The molecule has 0 unspecified atom stereocenters. The lowest BCUT2D eigenvalue weighted by atomic mass is 10.1. The molecule has 0 spiro atoms. The van der Waals surface area contributed by atoms with Gasteiger partial charge in [0.05, 0.1) is 13.4 Å². The van der Waals surface area contributed by atoms with Crippen molar-refractivity contribution in [2.24, 2.45) is 0 Å². The first-order valence-corrected chi connectivity index (χ1v) is 3.47. The fourth-order valence-electron chi connectivity index (χ4n) is 0.633. The average Bonchev–Trinajstić information content (AvgIpc) is 2.09. The number of carbonyl (C=O) groups is 2. The van der Waals surface area contributed by atoms with Crippen LogP contribution in [0.1, 0.15) is 0 Å². The summed E-state index contributed by atoms with van der Waals surface area (Å²) in [6.45, 7) is 0. The molecule has 0 saturated heterocycles. The van der Waals surface area contributed by atoms with Crippen molar-refractivity contribution in [3.8, 4) is 0 Å². The molecule has 0 fully saturated rings. The predicted molar refractivity (Wildman–Crippen MR) is 37.2 cm³/mol. The number of hydrogen-bond donors (Lipinski definition) is 0. The Labute approximate surface area is 84.7 Å². The zero-order valence-corrected chi connectivity index (χ0v) is 7.57. The van der Waals surface area contributed by atoms with Gasteiger partial charge in [-0.3, -0.25) is 9.59 Å². The highest BCUT2D eigenvalue weighted by Crippen LogP contribution is 2.27. The molecule has 16 heavy (non-hydrogen) atoms. The van der Waals surface area contributed by atoms with E-state index < -0.39 is 29.5 Å². The molecule has 0 aromatic carbocycles. The topological polar surface area (TPSA) is 43.4 Å². The molecule has 0 aliphatic carbocycles. The highest BCUT2D eigenvalue weighted by atomic mass is 19.4. The Morgan fingerprint density at radius 2 is 1.25 bits per heavy atom. The van der Waals surface area contributed by atoms with Crippen molar-refractivity contribution in [2.75, 3.05) is 7.11 Å². The van der Waals surface area contributed by atoms with E-state index in [-0.39, 0.29) is 6.26 Å². The quantitative estimate of drug-likeness (QED) is 0.252. The summed E-state index contributed by atoms with van der Waals surface area (Å²) in [5.74, 6) is -5.81. The van der Waals surface area contributed by atoms with Crippen LogP contribution in [-0.4, -0.2) is 31.0 Å². The first kappa shape index (κ1) is 14.5. The Morgan fingerprint density at radius 1 is 0.938 bits per heavy atom. The fourth-order valence-corrected chi connectivity index (χ4v) is 0.633. The number of hydrogen-bond acceptors (Lipinski definition) is 3. The van der Waals surface area contributed by atoms with E-state index in [1.54, 1.807) is 0 Å². The third-order valence-corrected chi connectivity index (χ3v) is 1.24. The van der Waals surface area contributed by atoms with Gasteiger partial charge in [0.25, 0.3) is 11.6 Å². The van der Waals surface area contributed by atoms with Crippen LogP contribution >= 0.6 is 0 Å². The molecule has 9 heteroatoms. The smallest absolute Gasteiger partial charge is 0.455 e. The summed E-state index contributed by atoms with van der Waals surface area (Å²) in [6.07, 6.45) is -11.3. The molecule has 0 saturated carbocycles. The highest BCUT2D eigenvalue weighted by Gasteiger charge is 2.50. The molecule has 0 aromatic heterocycles. The van der Waals surface area contributed by atoms with Crippen molar-refractivity contribution in [1.82, 2.24) is 0 Å². The van der Waals surface area contributed by atoms with Crippen molar-refractivity contribution in [3.63, 3.8) is 0 Å². The highest BCUT2D eigenvalue weighted by molar-refractivity contribution is 6.23. The summed E-state index contributed by atoms with van der Waals surface area (Å²) in [7, 11) is 0.702. The molecule has 0 atom stereocenters. The van der Waals surface area contributed by atoms with Crippen LogP contribution < -0.4 is 0 Å². The average molecular weight is 250 g/mol. The molecular weight excluding hydrogens is 246 g/mol. The first-order chi connectivity index (χ1) is 7.01. The van der Waals surface area contributed by atoms with Crippen molar-refractivity contribution in [2.45, 2.75) is 12.4 Å². The van der Waals surface area contributed by atoms with Gasteiger partial charge >= 0.3 is 12.4 Å². The van der Waals surface area contributed by atoms with Crippen molar-refractivity contribution in [1.29, 1.82) is 0 Å². The molecule has 0 N–H and O–H groups in total. The van der Waals surface area contributed by atoms with Gasteiger partial charge in [0.15, 0.2) is 0 Å². The largest absolute Gasteiger partial charge is 0.503 e. The monoisotopic (exact) mass is 250 g/mol. The van der Waals surface area contributed by atoms with E-state index in [2.05, 4.69) is 4.74 Å². The summed E-state index contributed by atoms with van der Waals surface area (Å²) in [5, 5.41) is 0. The Balaban J connectivity index is 5.30. The second kappa shape index (κ2) is 4.54. The van der Waals surface area contributed by atoms with E-state index in [0.29, 0.717) is 7.11 Å². The summed E-state index contributed by atoms with van der Waals surface area (Å²) < 4.78 is 74.7. The fraction of sp³-hybridized carbons (Fsp3) is 0.429. The molecular formula is C7H4F6O3. The van der Waals surface area contributed by atoms with Crippen LogP contribution in [0.3, 0.4) is 0 Å². The molecule has 0 aliphatic rings. The molecule has 92 valence electrons. The number of alkyl halides is 6. The number of carbonyl (C=O) groups excluding carboxylic acids is 2. The van der Waals surface area contributed by atoms with Crippen molar-refractivity contribution in [3.05, 3.63) is 11.8 Å². The zero-order chi connectivity index (χ0) is 13.1. The van der Waals surface area contributed by atoms with Crippen molar-refractivity contribution >= 4 is 11.6 Å². The Morgan fingerprint density at radius 3 is 1.44 bits per heavy atom. The van der Waals surface area contributed by atoms with Gasteiger partial charge in [0, 0.05) is 0 Å². The summed E-state index contributed by atoms with van der Waals surface area (Å²) in [5.41, 5.74) is -2.11. The SMILES string of the molecule is COC=C(C(=O)C(F)(F)F)C(=O)C(F)(F)F. The molecule has 0 aromatic rings. The van der Waals surface area contributed by atoms with Crippen LogP contribution in [0.25, 0.3) is 0 Å². The van der Waals surface area contributed by atoms with Crippen LogP contribution in [0.2, 0.25) is 0 Å². The Hall–Kier alpha value is -1.54. The normalized spacial score (nSPS) is 11.9. The van der Waals surface area contributed by atoms with Gasteiger partial charge < -0.3 is 4.74 Å². The molecule has 0 heterocycles. The van der Waals surface area contributed by atoms with Gasteiger partial charge in [-0.25, -0.2) is 0 Å². The number of ketones is 2. The Bertz CT molecular complexity index is 296. The first-order valence-electron chi connectivity index (χ1n) is 3.47. The van der Waals surface area contributed by atoms with Gasteiger partial charge in [-0.15, -0.1) is 0 Å². The van der Waals surface area contributed by atoms with E-state index in [1.807, 2.05) is 0 Å². The van der Waals surface area contributed by atoms with Gasteiger partial charge in [-0.1, -0.05) is 0 Å². The summed E-state index contributed by atoms with van der Waals surface area (Å²) in [4.78, 5) is 20.9. The third-order valence-electron chi connectivity index (χ3n) is 1.24. The molecule has 0 radical (unpaired) electrons. The minimum Gasteiger partial charge on any atom is -0.503 e. The van der Waals surface area contributed by atoms with E-state index in [9.17, 15) is 35.9 Å². The molecule has 3 nitrogen and oxygen atoms in total. The molecule has 0 aliphatic heterocycles. The third kappa shape index (κ3) is 3.55. The number of ether oxygens (including phenoxy) is 1. The molecule has 0 rings (SSSR count). The number of rotatable bonds is 3. The lowest BCUT2D eigenvalue weighted by molar-refractivity contribution is -0.175. The lowest BCUT2D eigenvalue weighted by Crippen LogP contribution is -2.34. The van der Waals surface area contributed by atoms with Crippen LogP contribution in [-0.2, 0) is 14.3 Å². The standard InChI is InChI=1S/C7H4F6O3/c1-16-2-3(4(14)6(8,9)10)5(15)7(11,12)13/h2H,1H3. The summed E-state index contributed by atoms with van der Waals surface area (Å²) >= 11 is 0. The predicted octanol–water partition coefficient (Wildman–Crippen LogP) is 1.78. The Kier molecular flexibility index (Phi) is 4.10. The van der Waals surface area contributed by atoms with E-state index in [4.69, 9.17) is 0 Å². The summed E-state index contributed by atoms with van der Waals surface area (Å²) in [6, 6.07) is 0. The van der Waals surface area contributed by atoms with Gasteiger partial charge in [0.1, 0.15) is 5.57 Å². The zero-order valence-electron chi connectivity index (χ0n) is 7.57. The minimum atomic E-state index is -5.58. The van der Waals surface area contributed by atoms with Crippen LogP contribution in [0.15, 0.2) is 11.8 Å². The van der Waals surface area contributed by atoms with Gasteiger partial charge in [-0.2, -0.15) is 26.3 Å². The van der Waals surface area contributed by atoms with Gasteiger partial charge in [0.2, 0.25) is 0 Å². The minimum absolute atomic E-state index is 0.189. The second-order valence-corrected chi connectivity index (χ2v) is 2.42. The van der Waals surface area contributed by atoms with Crippen molar-refractivity contribution < 1.29 is 40.7 Å². The maximum Gasteiger partial charge on any atom is 0.455 e. The number of allylic oxidation sites excluding steroid dienone is 1. The number of methoxy groups -OCH3 is 1. The van der Waals surface area contributed by atoms with E-state index >= 15 is 0 Å². The van der Waals surface area contributed by atoms with Crippen LogP contribution in [0.4, 0.5) is 26.3 Å². The van der Waals surface area contributed by atoms with Crippen LogP contribution in [0.5, 0.6) is 0 Å². The maximum absolute atomic E-state index is 11.8. The number of halogens is 6. The second-order valence-electron chi connectivity index (χ2n) is 2.42. The maximum atomic E-state index is 11.8. The van der Waals surface area contributed by atoms with E-state index in [0.717, 1.165) is 0 Å². The van der Waals surface area contributed by atoms with E-state index in [1.165, 1.54) is 0 Å². The van der Waals surface area contributed by atoms with Gasteiger partial charge in [-0.05, 0) is 0 Å². The number of Topliss-reactive ketones (excluding diaryl/α,β-unsaturated/α-hetero) is 2. The molecule has 0 bridgehead atoms. The lowest BCUT2D eigenvalue weighted by Gasteiger charge is -2.09. The molecule has 0 amide bonds. The van der Waals surface area contributed by atoms with Crippen LogP contribution in [0, 0.1) is 0 Å².